The molecule has 0 aliphatic carbocycles. The van der Waals surface area contributed by atoms with Crippen LogP contribution in [0.25, 0.3) is 0 Å². The van der Waals surface area contributed by atoms with Gasteiger partial charge in [-0.25, -0.2) is 4.39 Å². The van der Waals surface area contributed by atoms with E-state index in [1.54, 1.807) is 36.4 Å². The molecule has 2 N–H and O–H groups in total. The summed E-state index contributed by atoms with van der Waals surface area (Å²) in [4.78, 5) is 23.7. The molecule has 2 rings (SSSR count). The third-order valence-electron chi connectivity index (χ3n) is 3.12. The molecule has 0 radical (unpaired) electrons. The second-order valence-corrected chi connectivity index (χ2v) is 4.77. The first-order chi connectivity index (χ1) is 11.1. The number of rotatable bonds is 6. The lowest BCUT2D eigenvalue weighted by Crippen LogP contribution is -2.27. The highest BCUT2D eigenvalue weighted by Gasteiger charge is 2.09. The van der Waals surface area contributed by atoms with E-state index in [4.69, 9.17) is 4.74 Å². The predicted octanol–water partition coefficient (Wildman–Crippen LogP) is 2.59. The minimum absolute atomic E-state index is 0.0457. The van der Waals surface area contributed by atoms with Gasteiger partial charge in [0, 0.05) is 18.5 Å². The van der Waals surface area contributed by atoms with Crippen molar-refractivity contribution in [2.75, 3.05) is 19.0 Å². The molecule has 0 aliphatic heterocycles. The molecule has 0 unspecified atom stereocenters. The zero-order valence-corrected chi connectivity index (χ0v) is 12.6. The van der Waals surface area contributed by atoms with Crippen molar-refractivity contribution in [1.29, 1.82) is 0 Å². The normalized spacial score (nSPS) is 10.0. The fourth-order valence-electron chi connectivity index (χ4n) is 1.93. The summed E-state index contributed by atoms with van der Waals surface area (Å²) >= 11 is 0. The SMILES string of the molecule is COc1cccc(C(=O)NCCC(=O)Nc2ccccc2F)c1. The molecule has 2 aromatic rings. The molecule has 0 fully saturated rings. The van der Waals surface area contributed by atoms with E-state index < -0.39 is 5.82 Å². The molecule has 6 heteroatoms. The number of para-hydroxylation sites is 1. The van der Waals surface area contributed by atoms with Crippen molar-refractivity contribution in [1.82, 2.24) is 5.32 Å². The van der Waals surface area contributed by atoms with Gasteiger partial charge in [0.05, 0.1) is 12.8 Å². The highest BCUT2D eigenvalue weighted by atomic mass is 19.1. The number of amides is 2. The molecular formula is C17H17FN2O3. The van der Waals surface area contributed by atoms with Crippen LogP contribution in [0.5, 0.6) is 5.75 Å². The maximum atomic E-state index is 13.4. The number of carbonyl (C=O) groups excluding carboxylic acids is 2. The van der Waals surface area contributed by atoms with Crippen LogP contribution in [0.1, 0.15) is 16.8 Å². The van der Waals surface area contributed by atoms with Crippen LogP contribution < -0.4 is 15.4 Å². The smallest absolute Gasteiger partial charge is 0.251 e. The first-order valence-electron chi connectivity index (χ1n) is 7.07. The lowest BCUT2D eigenvalue weighted by molar-refractivity contribution is -0.116. The molecule has 23 heavy (non-hydrogen) atoms. The Morgan fingerprint density at radius 1 is 1.13 bits per heavy atom. The Bertz CT molecular complexity index is 704. The summed E-state index contributed by atoms with van der Waals surface area (Å²) < 4.78 is 18.4. The van der Waals surface area contributed by atoms with Crippen molar-refractivity contribution in [2.45, 2.75) is 6.42 Å². The molecule has 0 heterocycles. The van der Waals surface area contributed by atoms with Crippen molar-refractivity contribution in [2.24, 2.45) is 0 Å². The van der Waals surface area contributed by atoms with Crippen molar-refractivity contribution in [3.05, 3.63) is 59.9 Å². The Labute approximate surface area is 133 Å². The van der Waals surface area contributed by atoms with Gasteiger partial charge in [0.15, 0.2) is 0 Å². The summed E-state index contributed by atoms with van der Waals surface area (Å²) in [5.74, 6) is -0.597. The zero-order valence-electron chi connectivity index (χ0n) is 12.6. The number of nitrogens with one attached hydrogen (secondary N) is 2. The van der Waals surface area contributed by atoms with E-state index in [1.165, 1.54) is 19.2 Å². The van der Waals surface area contributed by atoms with E-state index in [1.807, 2.05) is 0 Å². The van der Waals surface area contributed by atoms with E-state index in [0.29, 0.717) is 11.3 Å². The number of hydrogen-bond donors (Lipinski definition) is 2. The molecule has 0 bridgehead atoms. The zero-order chi connectivity index (χ0) is 16.7. The Balaban J connectivity index is 1.81. The molecule has 0 aromatic heterocycles. The molecule has 2 amide bonds. The summed E-state index contributed by atoms with van der Waals surface area (Å²) in [6.07, 6.45) is 0.0457. The molecule has 2 aromatic carbocycles. The van der Waals surface area contributed by atoms with Gasteiger partial charge in [0.1, 0.15) is 11.6 Å². The van der Waals surface area contributed by atoms with Crippen LogP contribution in [-0.4, -0.2) is 25.5 Å². The lowest BCUT2D eigenvalue weighted by atomic mass is 10.2. The van der Waals surface area contributed by atoms with E-state index in [0.717, 1.165) is 0 Å². The Morgan fingerprint density at radius 3 is 2.65 bits per heavy atom. The number of hydrogen-bond acceptors (Lipinski definition) is 3. The Kier molecular flexibility index (Phi) is 5.68. The van der Waals surface area contributed by atoms with Gasteiger partial charge in [-0.2, -0.15) is 0 Å². The van der Waals surface area contributed by atoms with Crippen LogP contribution in [-0.2, 0) is 4.79 Å². The maximum absolute atomic E-state index is 13.4. The van der Waals surface area contributed by atoms with Gasteiger partial charge < -0.3 is 15.4 Å². The lowest BCUT2D eigenvalue weighted by Gasteiger charge is -2.08. The van der Waals surface area contributed by atoms with Gasteiger partial charge in [0.2, 0.25) is 5.91 Å². The first-order valence-corrected chi connectivity index (χ1v) is 7.07. The summed E-state index contributed by atoms with van der Waals surface area (Å²) in [5.41, 5.74) is 0.565. The van der Waals surface area contributed by atoms with Gasteiger partial charge in [-0.05, 0) is 30.3 Å². The van der Waals surface area contributed by atoms with Gasteiger partial charge >= 0.3 is 0 Å². The van der Waals surface area contributed by atoms with Crippen molar-refractivity contribution in [3.8, 4) is 5.75 Å². The van der Waals surface area contributed by atoms with E-state index in [-0.39, 0.29) is 30.5 Å². The second kappa shape index (κ2) is 7.93. The molecule has 0 saturated heterocycles. The second-order valence-electron chi connectivity index (χ2n) is 4.77. The van der Waals surface area contributed by atoms with Crippen molar-refractivity contribution >= 4 is 17.5 Å². The minimum atomic E-state index is -0.499. The number of anilines is 1. The topological polar surface area (TPSA) is 67.4 Å². The van der Waals surface area contributed by atoms with Gasteiger partial charge in [-0.15, -0.1) is 0 Å². The van der Waals surface area contributed by atoms with Crippen molar-refractivity contribution in [3.63, 3.8) is 0 Å². The van der Waals surface area contributed by atoms with E-state index >= 15 is 0 Å². The summed E-state index contributed by atoms with van der Waals surface area (Å²) in [6.45, 7) is 0.149. The van der Waals surface area contributed by atoms with Crippen molar-refractivity contribution < 1.29 is 18.7 Å². The fourth-order valence-corrected chi connectivity index (χ4v) is 1.93. The van der Waals surface area contributed by atoms with Crippen LogP contribution in [0.2, 0.25) is 0 Å². The maximum Gasteiger partial charge on any atom is 0.251 e. The highest BCUT2D eigenvalue weighted by Crippen LogP contribution is 2.13. The standard InChI is InChI=1S/C17H17FN2O3/c1-23-13-6-4-5-12(11-13)17(22)19-10-9-16(21)20-15-8-3-2-7-14(15)18/h2-8,11H,9-10H2,1H3,(H,19,22)(H,20,21). The molecule has 0 spiro atoms. The van der Waals surface area contributed by atoms with Crippen LogP contribution in [0.3, 0.4) is 0 Å². The third kappa shape index (κ3) is 4.81. The average Bonchev–Trinajstić information content (AvgIpc) is 2.57. The Hall–Kier alpha value is -2.89. The largest absolute Gasteiger partial charge is 0.497 e. The van der Waals surface area contributed by atoms with Gasteiger partial charge in [-0.3, -0.25) is 9.59 Å². The van der Waals surface area contributed by atoms with Crippen LogP contribution in [0.15, 0.2) is 48.5 Å². The molecular weight excluding hydrogens is 299 g/mol. The molecule has 0 saturated carbocycles. The Morgan fingerprint density at radius 2 is 1.91 bits per heavy atom. The highest BCUT2D eigenvalue weighted by molar-refractivity contribution is 5.95. The number of benzene rings is 2. The predicted molar refractivity (Wildman–Crippen MR) is 85.0 cm³/mol. The molecule has 0 atom stereocenters. The number of carbonyl (C=O) groups is 2. The quantitative estimate of drug-likeness (QED) is 0.861. The molecule has 120 valence electrons. The van der Waals surface area contributed by atoms with Crippen LogP contribution >= 0.6 is 0 Å². The first kappa shape index (κ1) is 16.5. The molecule has 5 nitrogen and oxygen atoms in total. The number of methoxy groups -OCH3 is 1. The van der Waals surface area contributed by atoms with Crippen LogP contribution in [0, 0.1) is 5.82 Å². The van der Waals surface area contributed by atoms with Gasteiger partial charge in [-0.1, -0.05) is 18.2 Å². The van der Waals surface area contributed by atoms with E-state index in [9.17, 15) is 14.0 Å². The summed E-state index contributed by atoms with van der Waals surface area (Å²) in [7, 11) is 1.52. The summed E-state index contributed by atoms with van der Waals surface area (Å²) in [6, 6.07) is 12.6. The number of halogens is 1. The summed E-state index contributed by atoms with van der Waals surface area (Å²) in [5, 5.41) is 5.09. The van der Waals surface area contributed by atoms with Gasteiger partial charge in [0.25, 0.3) is 5.91 Å². The third-order valence-corrected chi connectivity index (χ3v) is 3.12. The molecule has 0 aliphatic rings. The van der Waals surface area contributed by atoms with Crippen LogP contribution in [0.4, 0.5) is 10.1 Å². The average molecular weight is 316 g/mol. The monoisotopic (exact) mass is 316 g/mol. The minimum Gasteiger partial charge on any atom is -0.497 e. The number of ether oxygens (including phenoxy) is 1. The fraction of sp³-hybridized carbons (Fsp3) is 0.176. The van der Waals surface area contributed by atoms with E-state index in [2.05, 4.69) is 10.6 Å².